The van der Waals surface area contributed by atoms with E-state index >= 15 is 0 Å². The van der Waals surface area contributed by atoms with Crippen LogP contribution >= 0.6 is 0 Å². The average molecular weight is 378 g/mol. The second-order valence-corrected chi connectivity index (χ2v) is 7.55. The molecule has 150 valence electrons. The number of likely N-dealkylation sites (tertiary alicyclic amines) is 1. The quantitative estimate of drug-likeness (QED) is 0.421. The normalized spacial score (nSPS) is 17.6. The molecule has 1 rings (SSSR count). The smallest absolute Gasteiger partial charge is 0.407 e. The van der Waals surface area contributed by atoms with Crippen molar-refractivity contribution in [2.75, 3.05) is 13.1 Å². The Bertz CT molecular complexity index is 649. The van der Waals surface area contributed by atoms with Gasteiger partial charge < -0.3 is 15.0 Å². The summed E-state index contributed by atoms with van der Waals surface area (Å²) in [7, 11) is 0. The molecule has 0 bridgehead atoms. The number of nitrogens with one attached hydrogen (secondary N) is 1. The zero-order valence-corrected chi connectivity index (χ0v) is 17.1. The molecule has 0 radical (unpaired) electrons. The van der Waals surface area contributed by atoms with Gasteiger partial charge >= 0.3 is 6.09 Å². The van der Waals surface area contributed by atoms with E-state index in [9.17, 15) is 9.18 Å². The molecule has 0 aromatic heterocycles. The van der Waals surface area contributed by atoms with Gasteiger partial charge in [-0.15, -0.1) is 0 Å². The number of hydrogen-bond donors (Lipinski definition) is 1. The second kappa shape index (κ2) is 10.1. The second-order valence-electron chi connectivity index (χ2n) is 7.55. The number of alkyl carbamates (subject to hydrolysis) is 1. The van der Waals surface area contributed by atoms with Gasteiger partial charge in [-0.3, -0.25) is 0 Å². The number of nitrogens with zero attached hydrogens (tertiary/aromatic N) is 2. The van der Waals surface area contributed by atoms with Gasteiger partial charge in [0.2, 0.25) is 0 Å². The van der Waals surface area contributed by atoms with Crippen LogP contribution in [0.1, 0.15) is 47.5 Å². The van der Waals surface area contributed by atoms with E-state index < -0.39 is 11.7 Å². The molecule has 0 unspecified atom stereocenters. The van der Waals surface area contributed by atoms with Crippen molar-refractivity contribution in [3.05, 3.63) is 48.5 Å². The first-order valence-corrected chi connectivity index (χ1v) is 9.20. The Hall–Kier alpha value is -2.37. The molecule has 1 aliphatic rings. The van der Waals surface area contributed by atoms with E-state index in [0.717, 1.165) is 18.4 Å². The molecule has 0 aliphatic carbocycles. The fourth-order valence-corrected chi connectivity index (χ4v) is 2.72. The molecule has 0 aromatic carbocycles. The van der Waals surface area contributed by atoms with Crippen molar-refractivity contribution in [3.8, 4) is 0 Å². The number of halogens is 1. The highest BCUT2D eigenvalue weighted by Crippen LogP contribution is 2.21. The summed E-state index contributed by atoms with van der Waals surface area (Å²) in [5.41, 5.74) is 0.845. The third kappa shape index (κ3) is 7.81. The van der Waals surface area contributed by atoms with Crippen molar-refractivity contribution in [1.82, 2.24) is 10.2 Å². The SMILES string of the molecule is C=CN=C(/C(=C/C(F)=C\C)C(=C)C)N1CCC(NC(=O)OC(C)(C)C)CC1. The zero-order valence-electron chi connectivity index (χ0n) is 17.1. The first kappa shape index (κ1) is 22.7. The maximum Gasteiger partial charge on any atom is 0.407 e. The Balaban J connectivity index is 2.83. The van der Waals surface area contributed by atoms with Crippen molar-refractivity contribution < 1.29 is 13.9 Å². The van der Waals surface area contributed by atoms with E-state index in [1.54, 1.807) is 6.92 Å². The number of rotatable bonds is 5. The molecule has 1 fully saturated rings. The largest absolute Gasteiger partial charge is 0.444 e. The van der Waals surface area contributed by atoms with Crippen LogP contribution in [0.5, 0.6) is 0 Å². The Morgan fingerprint density at radius 3 is 2.37 bits per heavy atom. The van der Waals surface area contributed by atoms with Crippen LogP contribution in [0.4, 0.5) is 9.18 Å². The number of carbonyl (C=O) groups excluding carboxylic acids is 1. The van der Waals surface area contributed by atoms with Gasteiger partial charge in [0, 0.05) is 30.9 Å². The van der Waals surface area contributed by atoms with Crippen LogP contribution in [0.3, 0.4) is 0 Å². The van der Waals surface area contributed by atoms with Gasteiger partial charge in [0.15, 0.2) is 0 Å². The summed E-state index contributed by atoms with van der Waals surface area (Å²) in [6, 6.07) is 0.0330. The third-order valence-electron chi connectivity index (χ3n) is 3.99. The summed E-state index contributed by atoms with van der Waals surface area (Å²) in [5.74, 6) is 0.302. The number of carbonyl (C=O) groups is 1. The molecule has 0 aromatic rings. The number of aliphatic imine (C=N–C) groups is 1. The molecule has 1 saturated heterocycles. The Morgan fingerprint density at radius 1 is 1.33 bits per heavy atom. The number of ether oxygens (including phenoxy) is 1. The maximum absolute atomic E-state index is 13.8. The van der Waals surface area contributed by atoms with Gasteiger partial charge in [-0.05, 0) is 59.1 Å². The Kier molecular flexibility index (Phi) is 8.47. The van der Waals surface area contributed by atoms with Gasteiger partial charge in [-0.2, -0.15) is 0 Å². The summed E-state index contributed by atoms with van der Waals surface area (Å²) in [5, 5.41) is 2.91. The molecular weight excluding hydrogens is 345 g/mol. The highest BCUT2D eigenvalue weighted by atomic mass is 19.1. The monoisotopic (exact) mass is 377 g/mol. The minimum atomic E-state index is -0.521. The molecule has 1 amide bonds. The molecule has 27 heavy (non-hydrogen) atoms. The van der Waals surface area contributed by atoms with Crippen molar-refractivity contribution in [1.29, 1.82) is 0 Å². The van der Waals surface area contributed by atoms with Gasteiger partial charge in [-0.1, -0.05) is 19.2 Å². The number of piperidine rings is 1. The van der Waals surface area contributed by atoms with Crippen LogP contribution in [0.2, 0.25) is 0 Å². The first-order chi connectivity index (χ1) is 12.6. The van der Waals surface area contributed by atoms with Gasteiger partial charge in [0.1, 0.15) is 17.3 Å². The first-order valence-electron chi connectivity index (χ1n) is 9.20. The van der Waals surface area contributed by atoms with Gasteiger partial charge in [-0.25, -0.2) is 14.2 Å². The molecule has 6 heteroatoms. The number of allylic oxidation sites excluding steroid dienone is 3. The predicted molar refractivity (Wildman–Crippen MR) is 109 cm³/mol. The minimum absolute atomic E-state index is 0.0330. The van der Waals surface area contributed by atoms with E-state index in [1.807, 2.05) is 27.7 Å². The predicted octanol–water partition coefficient (Wildman–Crippen LogP) is 4.89. The molecule has 0 spiro atoms. The summed E-state index contributed by atoms with van der Waals surface area (Å²) in [6.07, 6.45) is 5.36. The van der Waals surface area contributed by atoms with E-state index in [4.69, 9.17) is 4.74 Å². The molecule has 5 nitrogen and oxygen atoms in total. The topological polar surface area (TPSA) is 53.9 Å². The number of amides is 1. The van der Waals surface area contributed by atoms with Crippen molar-refractivity contribution in [2.45, 2.75) is 59.1 Å². The van der Waals surface area contributed by atoms with E-state index in [1.165, 1.54) is 18.4 Å². The van der Waals surface area contributed by atoms with E-state index in [-0.39, 0.29) is 11.9 Å². The van der Waals surface area contributed by atoms with Crippen LogP contribution in [-0.2, 0) is 4.74 Å². The lowest BCUT2D eigenvalue weighted by atomic mass is 10.0. The van der Waals surface area contributed by atoms with Crippen LogP contribution in [0, 0.1) is 0 Å². The van der Waals surface area contributed by atoms with Gasteiger partial charge in [0.05, 0.1) is 0 Å². The highest BCUT2D eigenvalue weighted by molar-refractivity contribution is 6.02. The van der Waals surface area contributed by atoms with E-state index in [0.29, 0.717) is 24.5 Å². The number of hydrogen-bond acceptors (Lipinski definition) is 3. The van der Waals surface area contributed by atoms with Crippen LogP contribution < -0.4 is 5.32 Å². The summed E-state index contributed by atoms with van der Waals surface area (Å²) < 4.78 is 19.1. The standard InChI is InChI=1S/C21H32FN3O2/c1-8-16(22)14-18(15(3)4)19(23-9-2)25-12-10-17(11-13-25)24-20(26)27-21(5,6)7/h8-9,14,17H,2-3,10-13H2,1,4-7H3,(H,24,26)/b16-8+,18-14+,23-19?. The fraction of sp³-hybridized carbons (Fsp3) is 0.524. The van der Waals surface area contributed by atoms with Crippen LogP contribution in [0.15, 0.2) is 53.5 Å². The molecular formula is C21H32FN3O2. The number of amidine groups is 1. The highest BCUT2D eigenvalue weighted by Gasteiger charge is 2.26. The lowest BCUT2D eigenvalue weighted by Crippen LogP contribution is -2.48. The lowest BCUT2D eigenvalue weighted by Gasteiger charge is -2.35. The molecule has 0 saturated carbocycles. The Labute approximate surface area is 162 Å². The molecule has 1 heterocycles. The Morgan fingerprint density at radius 2 is 1.93 bits per heavy atom. The summed E-state index contributed by atoms with van der Waals surface area (Å²) in [4.78, 5) is 18.4. The molecule has 0 atom stereocenters. The minimum Gasteiger partial charge on any atom is -0.444 e. The van der Waals surface area contributed by atoms with Crippen LogP contribution in [0.25, 0.3) is 0 Å². The van der Waals surface area contributed by atoms with E-state index in [2.05, 4.69) is 28.4 Å². The van der Waals surface area contributed by atoms with Crippen molar-refractivity contribution >= 4 is 11.9 Å². The summed E-state index contributed by atoms with van der Waals surface area (Å²) in [6.45, 7) is 17.9. The molecule has 1 aliphatic heterocycles. The lowest BCUT2D eigenvalue weighted by molar-refractivity contribution is 0.0488. The van der Waals surface area contributed by atoms with Gasteiger partial charge in [0.25, 0.3) is 0 Å². The van der Waals surface area contributed by atoms with Crippen molar-refractivity contribution in [2.24, 2.45) is 4.99 Å². The summed E-state index contributed by atoms with van der Waals surface area (Å²) >= 11 is 0. The zero-order chi connectivity index (χ0) is 20.6. The molecule has 1 N–H and O–H groups in total. The maximum atomic E-state index is 13.8. The fourth-order valence-electron chi connectivity index (χ4n) is 2.72. The van der Waals surface area contributed by atoms with Crippen molar-refractivity contribution in [3.63, 3.8) is 0 Å². The van der Waals surface area contributed by atoms with Crippen LogP contribution in [-0.4, -0.2) is 41.6 Å². The third-order valence-corrected chi connectivity index (χ3v) is 3.99. The average Bonchev–Trinajstić information content (AvgIpc) is 2.56.